The smallest absolute Gasteiger partial charge is 0.220 e. The van der Waals surface area contributed by atoms with E-state index in [0.29, 0.717) is 6.42 Å². The summed E-state index contributed by atoms with van der Waals surface area (Å²) in [4.78, 5) is 11.0. The molecule has 1 N–H and O–H groups in total. The normalized spacial score (nSPS) is 21.0. The fourth-order valence-electron chi connectivity index (χ4n) is 1.75. The van der Waals surface area contributed by atoms with Gasteiger partial charge in [0.2, 0.25) is 5.91 Å². The van der Waals surface area contributed by atoms with Crippen LogP contribution in [0.25, 0.3) is 0 Å². The standard InChI is InChI=1S/C11H12ClNO/c1-7-6-8(2-3-9(7)12)10-4-5-11(14)13-10/h2-3,6,10H,4-5H2,1H3,(H,13,14). The van der Waals surface area contributed by atoms with E-state index < -0.39 is 0 Å². The number of carbonyl (C=O) groups excluding carboxylic acids is 1. The molecule has 1 aliphatic heterocycles. The van der Waals surface area contributed by atoms with Gasteiger partial charge in [-0.05, 0) is 30.5 Å². The SMILES string of the molecule is Cc1cc(C2CCC(=O)N2)ccc1Cl. The van der Waals surface area contributed by atoms with Gasteiger partial charge in [0.25, 0.3) is 0 Å². The summed E-state index contributed by atoms with van der Waals surface area (Å²) in [7, 11) is 0. The third-order valence-electron chi connectivity index (χ3n) is 2.58. The van der Waals surface area contributed by atoms with Crippen molar-refractivity contribution in [3.63, 3.8) is 0 Å². The Bertz CT molecular complexity index is 376. The minimum Gasteiger partial charge on any atom is -0.349 e. The number of aryl methyl sites for hydroxylation is 1. The molecule has 1 aromatic carbocycles. The molecule has 3 heteroatoms. The lowest BCUT2D eigenvalue weighted by Crippen LogP contribution is -2.18. The van der Waals surface area contributed by atoms with Crippen LogP contribution < -0.4 is 5.32 Å². The molecule has 0 aliphatic carbocycles. The number of carbonyl (C=O) groups is 1. The van der Waals surface area contributed by atoms with Crippen molar-refractivity contribution in [1.82, 2.24) is 5.32 Å². The molecular formula is C11H12ClNO. The van der Waals surface area contributed by atoms with Gasteiger partial charge in [-0.2, -0.15) is 0 Å². The zero-order valence-corrected chi connectivity index (χ0v) is 8.77. The Kier molecular flexibility index (Phi) is 2.46. The Morgan fingerprint density at radius 3 is 2.86 bits per heavy atom. The van der Waals surface area contributed by atoms with E-state index in [1.165, 1.54) is 0 Å². The second-order valence-electron chi connectivity index (χ2n) is 3.67. The maximum Gasteiger partial charge on any atom is 0.220 e. The Morgan fingerprint density at radius 2 is 2.29 bits per heavy atom. The van der Waals surface area contributed by atoms with Gasteiger partial charge >= 0.3 is 0 Å². The maximum atomic E-state index is 11.0. The van der Waals surface area contributed by atoms with Gasteiger partial charge in [-0.1, -0.05) is 23.7 Å². The van der Waals surface area contributed by atoms with E-state index in [2.05, 4.69) is 5.32 Å². The van der Waals surface area contributed by atoms with Gasteiger partial charge in [-0.25, -0.2) is 0 Å². The first kappa shape index (κ1) is 9.53. The van der Waals surface area contributed by atoms with E-state index in [0.717, 1.165) is 22.6 Å². The predicted molar refractivity (Wildman–Crippen MR) is 56.3 cm³/mol. The van der Waals surface area contributed by atoms with Crippen molar-refractivity contribution in [3.05, 3.63) is 34.3 Å². The van der Waals surface area contributed by atoms with Gasteiger partial charge in [0, 0.05) is 11.4 Å². The highest BCUT2D eigenvalue weighted by Gasteiger charge is 2.22. The summed E-state index contributed by atoms with van der Waals surface area (Å²) >= 11 is 5.93. The molecule has 1 aliphatic rings. The van der Waals surface area contributed by atoms with Gasteiger partial charge in [0.15, 0.2) is 0 Å². The number of amides is 1. The fraction of sp³-hybridized carbons (Fsp3) is 0.364. The molecule has 1 fully saturated rings. The summed E-state index contributed by atoms with van der Waals surface area (Å²) in [5.74, 6) is 0.141. The number of benzene rings is 1. The number of halogens is 1. The third kappa shape index (κ3) is 1.75. The second-order valence-corrected chi connectivity index (χ2v) is 4.07. The lowest BCUT2D eigenvalue weighted by Gasteiger charge is -2.11. The first-order chi connectivity index (χ1) is 6.66. The molecule has 1 amide bonds. The van der Waals surface area contributed by atoms with Crippen LogP contribution in [0, 0.1) is 6.92 Å². The number of hydrogen-bond acceptors (Lipinski definition) is 1. The van der Waals surface area contributed by atoms with E-state index in [-0.39, 0.29) is 11.9 Å². The molecule has 1 unspecified atom stereocenters. The highest BCUT2D eigenvalue weighted by molar-refractivity contribution is 6.31. The Labute approximate surface area is 88.3 Å². The van der Waals surface area contributed by atoms with Gasteiger partial charge in [-0.15, -0.1) is 0 Å². The van der Waals surface area contributed by atoms with E-state index in [1.54, 1.807) is 0 Å². The maximum absolute atomic E-state index is 11.0. The zero-order valence-electron chi connectivity index (χ0n) is 8.01. The molecule has 2 rings (SSSR count). The van der Waals surface area contributed by atoms with E-state index in [4.69, 9.17) is 11.6 Å². The molecule has 0 bridgehead atoms. The summed E-state index contributed by atoms with van der Waals surface area (Å²) in [6.07, 6.45) is 1.52. The van der Waals surface area contributed by atoms with Crippen molar-refractivity contribution in [1.29, 1.82) is 0 Å². The van der Waals surface area contributed by atoms with Crippen molar-refractivity contribution in [2.24, 2.45) is 0 Å². The summed E-state index contributed by atoms with van der Waals surface area (Å²) in [5, 5.41) is 3.71. The van der Waals surface area contributed by atoms with Crippen LogP contribution >= 0.6 is 11.6 Å². The van der Waals surface area contributed by atoms with Crippen LogP contribution in [0.3, 0.4) is 0 Å². The van der Waals surface area contributed by atoms with Crippen molar-refractivity contribution in [2.45, 2.75) is 25.8 Å². The van der Waals surface area contributed by atoms with Gasteiger partial charge in [0.1, 0.15) is 0 Å². The molecule has 0 saturated carbocycles. The second kappa shape index (κ2) is 3.62. The largest absolute Gasteiger partial charge is 0.349 e. The van der Waals surface area contributed by atoms with Crippen molar-refractivity contribution in [3.8, 4) is 0 Å². The quantitative estimate of drug-likeness (QED) is 0.757. The predicted octanol–water partition coefficient (Wildman–Crippen LogP) is 2.60. The number of rotatable bonds is 1. The minimum absolute atomic E-state index is 0.141. The minimum atomic E-state index is 0.141. The molecule has 1 atom stereocenters. The van der Waals surface area contributed by atoms with E-state index >= 15 is 0 Å². The summed E-state index contributed by atoms with van der Waals surface area (Å²) in [6, 6.07) is 6.08. The zero-order chi connectivity index (χ0) is 10.1. The van der Waals surface area contributed by atoms with Crippen LogP contribution in [-0.4, -0.2) is 5.91 Å². The average Bonchev–Trinajstić information content (AvgIpc) is 2.57. The number of hydrogen-bond donors (Lipinski definition) is 1. The molecule has 1 saturated heterocycles. The van der Waals surface area contributed by atoms with Gasteiger partial charge in [-0.3, -0.25) is 4.79 Å². The fourth-order valence-corrected chi connectivity index (χ4v) is 1.87. The summed E-state index contributed by atoms with van der Waals surface area (Å²) in [6.45, 7) is 1.97. The molecule has 0 radical (unpaired) electrons. The summed E-state index contributed by atoms with van der Waals surface area (Å²) < 4.78 is 0. The Morgan fingerprint density at radius 1 is 1.50 bits per heavy atom. The highest BCUT2D eigenvalue weighted by atomic mass is 35.5. The molecule has 0 spiro atoms. The van der Waals surface area contributed by atoms with E-state index in [9.17, 15) is 4.79 Å². The Balaban J connectivity index is 2.24. The first-order valence-electron chi connectivity index (χ1n) is 4.72. The first-order valence-corrected chi connectivity index (χ1v) is 5.10. The van der Waals surface area contributed by atoms with E-state index in [1.807, 2.05) is 25.1 Å². The molecule has 1 heterocycles. The van der Waals surface area contributed by atoms with Crippen molar-refractivity contribution >= 4 is 17.5 Å². The summed E-state index contributed by atoms with van der Waals surface area (Å²) in [5.41, 5.74) is 2.21. The van der Waals surface area contributed by atoms with Crippen LogP contribution in [0.2, 0.25) is 5.02 Å². The van der Waals surface area contributed by atoms with Gasteiger partial charge < -0.3 is 5.32 Å². The molecule has 1 aromatic rings. The molecular weight excluding hydrogens is 198 g/mol. The molecule has 0 aromatic heterocycles. The van der Waals surface area contributed by atoms with Crippen LogP contribution in [0.5, 0.6) is 0 Å². The van der Waals surface area contributed by atoms with Crippen LogP contribution in [0.1, 0.15) is 30.0 Å². The molecule has 74 valence electrons. The molecule has 14 heavy (non-hydrogen) atoms. The topological polar surface area (TPSA) is 29.1 Å². The highest BCUT2D eigenvalue weighted by Crippen LogP contribution is 2.26. The Hall–Kier alpha value is -1.02. The van der Waals surface area contributed by atoms with Crippen molar-refractivity contribution < 1.29 is 4.79 Å². The third-order valence-corrected chi connectivity index (χ3v) is 3.00. The monoisotopic (exact) mass is 209 g/mol. The lowest BCUT2D eigenvalue weighted by molar-refractivity contribution is -0.119. The van der Waals surface area contributed by atoms with Crippen molar-refractivity contribution in [2.75, 3.05) is 0 Å². The van der Waals surface area contributed by atoms with Crippen LogP contribution in [0.15, 0.2) is 18.2 Å². The van der Waals surface area contributed by atoms with Crippen LogP contribution in [-0.2, 0) is 4.79 Å². The lowest BCUT2D eigenvalue weighted by atomic mass is 10.0. The molecule has 2 nitrogen and oxygen atoms in total. The van der Waals surface area contributed by atoms with Crippen LogP contribution in [0.4, 0.5) is 0 Å². The number of nitrogens with one attached hydrogen (secondary N) is 1. The average molecular weight is 210 g/mol. The van der Waals surface area contributed by atoms with Gasteiger partial charge in [0.05, 0.1) is 6.04 Å².